The van der Waals surface area contributed by atoms with E-state index >= 15 is 0 Å². The summed E-state index contributed by atoms with van der Waals surface area (Å²) in [4.78, 5) is 16.4. The number of ether oxygens (including phenoxy) is 2. The number of piperidine rings is 1. The van der Waals surface area contributed by atoms with Crippen molar-refractivity contribution in [2.45, 2.75) is 31.8 Å². The molecular weight excluding hydrogens is 434 g/mol. The molecular formula is C26H29N3O3S. The number of rotatable bonds is 8. The van der Waals surface area contributed by atoms with Crippen molar-refractivity contribution in [3.8, 4) is 11.5 Å². The minimum Gasteiger partial charge on any atom is -0.454 e. The van der Waals surface area contributed by atoms with Gasteiger partial charge in [0.15, 0.2) is 11.5 Å². The third-order valence-electron chi connectivity index (χ3n) is 6.26. The van der Waals surface area contributed by atoms with Crippen molar-refractivity contribution in [1.29, 1.82) is 0 Å². The highest BCUT2D eigenvalue weighted by Crippen LogP contribution is 2.32. The van der Waals surface area contributed by atoms with Gasteiger partial charge in [-0.05, 0) is 72.7 Å². The van der Waals surface area contributed by atoms with Gasteiger partial charge in [0, 0.05) is 48.3 Å². The standard InChI is InChI=1S/C26H29N3O3S/c30-26(28-17-19-3-8-24-25(16-19)32-18-31-24)20-4-6-22(7-5-20)29-13-10-21(11-14-29)27-12-9-23-2-1-15-33-23/h1-8,15-16,21,27H,9-14,17-18H2,(H,28,30). The summed E-state index contributed by atoms with van der Waals surface area (Å²) in [5.41, 5.74) is 2.83. The number of nitrogens with zero attached hydrogens (tertiary/aromatic N) is 1. The lowest BCUT2D eigenvalue weighted by Crippen LogP contribution is -2.43. The van der Waals surface area contributed by atoms with Crippen LogP contribution in [-0.2, 0) is 13.0 Å². The molecule has 172 valence electrons. The summed E-state index contributed by atoms with van der Waals surface area (Å²) >= 11 is 1.83. The smallest absolute Gasteiger partial charge is 0.251 e. The van der Waals surface area contributed by atoms with Gasteiger partial charge in [0.2, 0.25) is 6.79 Å². The van der Waals surface area contributed by atoms with Gasteiger partial charge in [0.05, 0.1) is 0 Å². The number of amides is 1. The molecule has 0 atom stereocenters. The molecule has 1 aromatic heterocycles. The zero-order valence-corrected chi connectivity index (χ0v) is 19.4. The van der Waals surface area contributed by atoms with Gasteiger partial charge in [-0.1, -0.05) is 12.1 Å². The second-order valence-electron chi connectivity index (χ2n) is 8.46. The Morgan fingerprint density at radius 3 is 2.64 bits per heavy atom. The van der Waals surface area contributed by atoms with Crippen LogP contribution in [0.1, 0.15) is 33.6 Å². The predicted molar refractivity (Wildman–Crippen MR) is 131 cm³/mol. The van der Waals surface area contributed by atoms with E-state index in [9.17, 15) is 4.79 Å². The second kappa shape index (κ2) is 10.3. The van der Waals surface area contributed by atoms with Gasteiger partial charge in [-0.15, -0.1) is 11.3 Å². The molecule has 0 unspecified atom stereocenters. The van der Waals surface area contributed by atoms with Gasteiger partial charge in [0.1, 0.15) is 0 Å². The number of hydrogen-bond acceptors (Lipinski definition) is 6. The summed E-state index contributed by atoms with van der Waals surface area (Å²) in [6.07, 6.45) is 3.39. The highest BCUT2D eigenvalue weighted by molar-refractivity contribution is 7.09. The first-order chi connectivity index (χ1) is 16.2. The molecule has 1 amide bonds. The van der Waals surface area contributed by atoms with Gasteiger partial charge in [-0.25, -0.2) is 0 Å². The number of nitrogens with one attached hydrogen (secondary N) is 2. The Labute approximate surface area is 198 Å². The molecule has 7 heteroatoms. The summed E-state index contributed by atoms with van der Waals surface area (Å²) < 4.78 is 10.7. The minimum atomic E-state index is -0.0761. The van der Waals surface area contributed by atoms with E-state index in [2.05, 4.69) is 45.2 Å². The number of fused-ring (bicyclic) bond motifs is 1. The van der Waals surface area contributed by atoms with Crippen LogP contribution in [0.3, 0.4) is 0 Å². The molecule has 3 aromatic rings. The number of thiophene rings is 1. The second-order valence-corrected chi connectivity index (χ2v) is 9.49. The average molecular weight is 464 g/mol. The fourth-order valence-electron chi connectivity index (χ4n) is 4.36. The molecule has 0 bridgehead atoms. The van der Waals surface area contributed by atoms with E-state index in [1.54, 1.807) is 0 Å². The number of carbonyl (C=O) groups is 1. The van der Waals surface area contributed by atoms with Gasteiger partial charge in [-0.2, -0.15) is 0 Å². The summed E-state index contributed by atoms with van der Waals surface area (Å²) in [5.74, 6) is 1.40. The Bertz CT molecular complexity index is 1060. The van der Waals surface area contributed by atoms with Gasteiger partial charge < -0.3 is 25.0 Å². The number of benzene rings is 2. The van der Waals surface area contributed by atoms with Crippen LogP contribution >= 0.6 is 11.3 Å². The van der Waals surface area contributed by atoms with Crippen LogP contribution < -0.4 is 25.0 Å². The highest BCUT2D eigenvalue weighted by Gasteiger charge is 2.19. The molecule has 2 N–H and O–H groups in total. The van der Waals surface area contributed by atoms with E-state index in [-0.39, 0.29) is 12.7 Å². The molecule has 33 heavy (non-hydrogen) atoms. The van der Waals surface area contributed by atoms with Crippen LogP contribution in [0.15, 0.2) is 60.0 Å². The first kappa shape index (κ1) is 21.8. The zero-order chi connectivity index (χ0) is 22.5. The van der Waals surface area contributed by atoms with Crippen LogP contribution in [0.4, 0.5) is 5.69 Å². The number of anilines is 1. The molecule has 0 spiro atoms. The van der Waals surface area contributed by atoms with E-state index in [4.69, 9.17) is 9.47 Å². The summed E-state index contributed by atoms with van der Waals surface area (Å²) in [7, 11) is 0. The van der Waals surface area contributed by atoms with Gasteiger partial charge in [-0.3, -0.25) is 4.79 Å². The fraction of sp³-hybridized carbons (Fsp3) is 0.346. The minimum absolute atomic E-state index is 0.0761. The average Bonchev–Trinajstić information content (AvgIpc) is 3.55. The maximum absolute atomic E-state index is 12.6. The maximum Gasteiger partial charge on any atom is 0.251 e. The van der Waals surface area contributed by atoms with Crippen LogP contribution in [0.2, 0.25) is 0 Å². The Balaban J connectivity index is 1.07. The lowest BCUT2D eigenvalue weighted by molar-refractivity contribution is 0.0951. The number of hydrogen-bond donors (Lipinski definition) is 2. The monoisotopic (exact) mass is 463 g/mol. The summed E-state index contributed by atoms with van der Waals surface area (Å²) in [5, 5.41) is 8.83. The van der Waals surface area contributed by atoms with Crippen molar-refractivity contribution in [1.82, 2.24) is 10.6 Å². The normalized spacial score (nSPS) is 15.6. The molecule has 0 radical (unpaired) electrons. The third-order valence-corrected chi connectivity index (χ3v) is 7.20. The molecule has 1 fully saturated rings. The van der Waals surface area contributed by atoms with Crippen molar-refractivity contribution in [2.24, 2.45) is 0 Å². The van der Waals surface area contributed by atoms with Crippen molar-refractivity contribution < 1.29 is 14.3 Å². The Hall–Kier alpha value is -3.03. The van der Waals surface area contributed by atoms with E-state index in [0.717, 1.165) is 56.0 Å². The molecule has 0 saturated carbocycles. The molecule has 5 rings (SSSR count). The summed E-state index contributed by atoms with van der Waals surface area (Å²) in [6.45, 7) is 3.81. The van der Waals surface area contributed by atoms with E-state index in [1.807, 2.05) is 41.7 Å². The molecule has 2 aromatic carbocycles. The van der Waals surface area contributed by atoms with Crippen LogP contribution in [0.25, 0.3) is 0 Å². The maximum atomic E-state index is 12.6. The predicted octanol–water partition coefficient (Wildman–Crippen LogP) is 4.21. The van der Waals surface area contributed by atoms with Crippen LogP contribution in [0, 0.1) is 0 Å². The van der Waals surface area contributed by atoms with Gasteiger partial charge >= 0.3 is 0 Å². The third kappa shape index (κ3) is 5.49. The van der Waals surface area contributed by atoms with Crippen LogP contribution in [-0.4, -0.2) is 38.4 Å². The van der Waals surface area contributed by atoms with Crippen LogP contribution in [0.5, 0.6) is 11.5 Å². The zero-order valence-electron chi connectivity index (χ0n) is 18.6. The Morgan fingerprint density at radius 2 is 1.85 bits per heavy atom. The van der Waals surface area contributed by atoms with E-state index in [1.165, 1.54) is 10.6 Å². The van der Waals surface area contributed by atoms with Crippen molar-refractivity contribution in [3.63, 3.8) is 0 Å². The Morgan fingerprint density at radius 1 is 1.03 bits per heavy atom. The Kier molecular flexibility index (Phi) is 6.79. The largest absolute Gasteiger partial charge is 0.454 e. The molecule has 0 aliphatic carbocycles. The van der Waals surface area contributed by atoms with E-state index < -0.39 is 0 Å². The quantitative estimate of drug-likeness (QED) is 0.524. The highest BCUT2D eigenvalue weighted by atomic mass is 32.1. The molecule has 2 aliphatic heterocycles. The first-order valence-corrected chi connectivity index (χ1v) is 12.4. The lowest BCUT2D eigenvalue weighted by Gasteiger charge is -2.34. The van der Waals surface area contributed by atoms with E-state index in [0.29, 0.717) is 18.2 Å². The fourth-order valence-corrected chi connectivity index (χ4v) is 5.06. The first-order valence-electron chi connectivity index (χ1n) is 11.5. The SMILES string of the molecule is O=C(NCc1ccc2c(c1)OCO2)c1ccc(N2CCC(NCCc3cccs3)CC2)cc1. The van der Waals surface area contributed by atoms with Crippen molar-refractivity contribution in [2.75, 3.05) is 31.3 Å². The topological polar surface area (TPSA) is 62.8 Å². The molecule has 1 saturated heterocycles. The number of carbonyl (C=O) groups excluding carboxylic acids is 1. The van der Waals surface area contributed by atoms with Crippen molar-refractivity contribution in [3.05, 3.63) is 76.0 Å². The van der Waals surface area contributed by atoms with Gasteiger partial charge in [0.25, 0.3) is 5.91 Å². The summed E-state index contributed by atoms with van der Waals surface area (Å²) in [6, 6.07) is 18.6. The molecule has 2 aliphatic rings. The molecule has 6 nitrogen and oxygen atoms in total. The lowest BCUT2D eigenvalue weighted by atomic mass is 10.0. The molecule has 3 heterocycles. The van der Waals surface area contributed by atoms with Crippen molar-refractivity contribution >= 4 is 22.9 Å².